The summed E-state index contributed by atoms with van der Waals surface area (Å²) in [6.07, 6.45) is 1.96. The molecule has 0 amide bonds. The Bertz CT molecular complexity index is 276. The first-order valence-corrected chi connectivity index (χ1v) is 6.84. The van der Waals surface area contributed by atoms with Crippen molar-refractivity contribution < 1.29 is 12.6 Å². The molecule has 14 heavy (non-hydrogen) atoms. The summed E-state index contributed by atoms with van der Waals surface area (Å²) < 4.78 is 27.1. The highest BCUT2D eigenvalue weighted by molar-refractivity contribution is 7.86. The van der Waals surface area contributed by atoms with Crippen molar-refractivity contribution in [1.82, 2.24) is 4.90 Å². The zero-order chi connectivity index (χ0) is 10.8. The van der Waals surface area contributed by atoms with Crippen molar-refractivity contribution in [3.63, 3.8) is 0 Å². The van der Waals surface area contributed by atoms with Crippen LogP contribution in [0.3, 0.4) is 0 Å². The first-order valence-electron chi connectivity index (χ1n) is 5.03. The third-order valence-electron chi connectivity index (χ3n) is 2.72. The summed E-state index contributed by atoms with van der Waals surface area (Å²) >= 11 is 0. The molecule has 0 N–H and O–H groups in total. The zero-order valence-corrected chi connectivity index (χ0v) is 9.88. The predicted molar refractivity (Wildman–Crippen MR) is 55.6 cm³/mol. The van der Waals surface area contributed by atoms with Crippen molar-refractivity contribution >= 4 is 10.1 Å². The van der Waals surface area contributed by atoms with Gasteiger partial charge in [-0.3, -0.25) is 4.18 Å². The number of piperidine rings is 1. The van der Waals surface area contributed by atoms with Gasteiger partial charge < -0.3 is 4.90 Å². The second kappa shape index (κ2) is 4.59. The van der Waals surface area contributed by atoms with Crippen LogP contribution in [0.25, 0.3) is 0 Å². The average Bonchev–Trinajstić information content (AvgIpc) is 2.06. The number of likely N-dealkylation sites (N-methyl/N-ethyl adjacent to an activating group) is 1. The van der Waals surface area contributed by atoms with Gasteiger partial charge in [0.2, 0.25) is 0 Å². The predicted octanol–water partition coefficient (Wildman–Crippen LogP) is 0.693. The molecule has 1 saturated heterocycles. The Labute approximate surface area is 86.4 Å². The summed E-state index contributed by atoms with van der Waals surface area (Å²) in [6.45, 7) is 6.85. The van der Waals surface area contributed by atoms with E-state index in [9.17, 15) is 8.42 Å². The van der Waals surface area contributed by atoms with Crippen LogP contribution in [0, 0.1) is 5.92 Å². The lowest BCUT2D eigenvalue weighted by Crippen LogP contribution is -2.44. The second-order valence-corrected chi connectivity index (χ2v) is 5.60. The highest BCUT2D eigenvalue weighted by atomic mass is 32.2. The standard InChI is InChI=1S/C9H19NO3S/c1-4-10-6-5-8(2)9(7-10)13-14(3,11)12/h8-9H,4-7H2,1-3H3. The van der Waals surface area contributed by atoms with Crippen LogP contribution in [-0.4, -0.2) is 45.3 Å². The number of hydrogen-bond acceptors (Lipinski definition) is 4. The Morgan fingerprint density at radius 3 is 2.64 bits per heavy atom. The molecule has 0 aromatic carbocycles. The minimum atomic E-state index is -3.31. The lowest BCUT2D eigenvalue weighted by atomic mass is 9.96. The minimum Gasteiger partial charge on any atom is -0.301 e. The van der Waals surface area contributed by atoms with Gasteiger partial charge in [0.05, 0.1) is 12.4 Å². The van der Waals surface area contributed by atoms with Crippen LogP contribution in [0.2, 0.25) is 0 Å². The van der Waals surface area contributed by atoms with Crippen LogP contribution in [0.5, 0.6) is 0 Å². The Morgan fingerprint density at radius 2 is 2.14 bits per heavy atom. The minimum absolute atomic E-state index is 0.168. The van der Waals surface area contributed by atoms with Crippen molar-refractivity contribution in [2.24, 2.45) is 5.92 Å². The van der Waals surface area contributed by atoms with E-state index in [1.165, 1.54) is 0 Å². The molecule has 1 aliphatic heterocycles. The van der Waals surface area contributed by atoms with Crippen LogP contribution in [0.4, 0.5) is 0 Å². The van der Waals surface area contributed by atoms with Crippen molar-refractivity contribution in [2.75, 3.05) is 25.9 Å². The van der Waals surface area contributed by atoms with E-state index in [1.807, 2.05) is 6.92 Å². The molecule has 0 bridgehead atoms. The number of rotatable bonds is 3. The molecule has 0 spiro atoms. The molecular formula is C9H19NO3S. The fourth-order valence-corrected chi connectivity index (χ4v) is 2.43. The second-order valence-electron chi connectivity index (χ2n) is 4.00. The maximum atomic E-state index is 11.0. The third-order valence-corrected chi connectivity index (χ3v) is 3.32. The number of hydrogen-bond donors (Lipinski definition) is 0. The SMILES string of the molecule is CCN1CCC(C)C(OS(C)(=O)=O)C1. The molecular weight excluding hydrogens is 202 g/mol. The highest BCUT2D eigenvalue weighted by Crippen LogP contribution is 2.20. The first kappa shape index (κ1) is 11.9. The van der Waals surface area contributed by atoms with Gasteiger partial charge in [0.25, 0.3) is 10.1 Å². The molecule has 84 valence electrons. The van der Waals surface area contributed by atoms with Gasteiger partial charge >= 0.3 is 0 Å². The zero-order valence-electron chi connectivity index (χ0n) is 9.06. The van der Waals surface area contributed by atoms with Crippen molar-refractivity contribution in [3.8, 4) is 0 Å². The Morgan fingerprint density at radius 1 is 1.50 bits per heavy atom. The molecule has 0 radical (unpaired) electrons. The molecule has 2 unspecified atom stereocenters. The van der Waals surface area contributed by atoms with Gasteiger partial charge in [-0.15, -0.1) is 0 Å². The Kier molecular flexibility index (Phi) is 3.92. The fourth-order valence-electron chi connectivity index (χ4n) is 1.73. The van der Waals surface area contributed by atoms with E-state index in [0.717, 1.165) is 32.3 Å². The monoisotopic (exact) mass is 221 g/mol. The molecule has 2 atom stereocenters. The molecule has 5 heteroatoms. The van der Waals surface area contributed by atoms with E-state index < -0.39 is 10.1 Å². The Balaban J connectivity index is 2.57. The molecule has 1 rings (SSSR count). The smallest absolute Gasteiger partial charge is 0.264 e. The van der Waals surface area contributed by atoms with Crippen LogP contribution < -0.4 is 0 Å². The third kappa shape index (κ3) is 3.55. The van der Waals surface area contributed by atoms with Gasteiger partial charge in [0.15, 0.2) is 0 Å². The van der Waals surface area contributed by atoms with Gasteiger partial charge in [0, 0.05) is 6.54 Å². The summed E-state index contributed by atoms with van der Waals surface area (Å²) in [5.74, 6) is 0.326. The van der Waals surface area contributed by atoms with Crippen LogP contribution in [0.15, 0.2) is 0 Å². The van der Waals surface area contributed by atoms with E-state index in [1.54, 1.807) is 0 Å². The normalized spacial score (nSPS) is 30.5. The fraction of sp³-hybridized carbons (Fsp3) is 1.00. The molecule has 0 saturated carbocycles. The molecule has 1 fully saturated rings. The highest BCUT2D eigenvalue weighted by Gasteiger charge is 2.28. The van der Waals surface area contributed by atoms with Gasteiger partial charge in [-0.1, -0.05) is 13.8 Å². The van der Waals surface area contributed by atoms with E-state index in [4.69, 9.17) is 4.18 Å². The number of nitrogens with zero attached hydrogens (tertiary/aromatic N) is 1. The van der Waals surface area contributed by atoms with Gasteiger partial charge in [0.1, 0.15) is 0 Å². The number of likely N-dealkylation sites (tertiary alicyclic amines) is 1. The summed E-state index contributed by atoms with van der Waals surface area (Å²) in [7, 11) is -3.31. The van der Waals surface area contributed by atoms with Gasteiger partial charge in [-0.25, -0.2) is 0 Å². The van der Waals surface area contributed by atoms with Crippen LogP contribution in [0.1, 0.15) is 20.3 Å². The summed E-state index contributed by atoms with van der Waals surface area (Å²) in [4.78, 5) is 2.22. The first-order chi connectivity index (χ1) is 6.42. The average molecular weight is 221 g/mol. The molecule has 0 aliphatic carbocycles. The maximum absolute atomic E-state index is 11.0. The van der Waals surface area contributed by atoms with E-state index in [0.29, 0.717) is 5.92 Å². The lowest BCUT2D eigenvalue weighted by molar-refractivity contribution is 0.0549. The Hall–Kier alpha value is -0.130. The molecule has 1 heterocycles. The van der Waals surface area contributed by atoms with E-state index in [-0.39, 0.29) is 6.10 Å². The summed E-state index contributed by atoms with van der Waals surface area (Å²) in [6, 6.07) is 0. The van der Waals surface area contributed by atoms with Crippen LogP contribution in [-0.2, 0) is 14.3 Å². The summed E-state index contributed by atoms with van der Waals surface area (Å²) in [5, 5.41) is 0. The van der Waals surface area contributed by atoms with Gasteiger partial charge in [-0.05, 0) is 25.4 Å². The summed E-state index contributed by atoms with van der Waals surface area (Å²) in [5.41, 5.74) is 0. The maximum Gasteiger partial charge on any atom is 0.264 e. The lowest BCUT2D eigenvalue weighted by Gasteiger charge is -2.35. The van der Waals surface area contributed by atoms with Crippen molar-refractivity contribution in [2.45, 2.75) is 26.4 Å². The topological polar surface area (TPSA) is 46.6 Å². The molecule has 0 aromatic heterocycles. The van der Waals surface area contributed by atoms with Crippen molar-refractivity contribution in [3.05, 3.63) is 0 Å². The largest absolute Gasteiger partial charge is 0.301 e. The molecule has 0 aromatic rings. The molecule has 4 nitrogen and oxygen atoms in total. The van der Waals surface area contributed by atoms with Crippen molar-refractivity contribution in [1.29, 1.82) is 0 Å². The molecule has 1 aliphatic rings. The quantitative estimate of drug-likeness (QED) is 0.658. The van der Waals surface area contributed by atoms with E-state index >= 15 is 0 Å². The van der Waals surface area contributed by atoms with E-state index in [2.05, 4.69) is 11.8 Å². The van der Waals surface area contributed by atoms with Gasteiger partial charge in [-0.2, -0.15) is 8.42 Å². The van der Waals surface area contributed by atoms with Crippen LogP contribution >= 0.6 is 0 Å².